The molecule has 136 valence electrons. The van der Waals surface area contributed by atoms with Gasteiger partial charge >= 0.3 is 0 Å². The molecule has 0 aliphatic rings. The summed E-state index contributed by atoms with van der Waals surface area (Å²) in [4.78, 5) is 17.7. The molecule has 3 heterocycles. The van der Waals surface area contributed by atoms with E-state index in [4.69, 9.17) is 15.0 Å². The zero-order valence-corrected chi connectivity index (χ0v) is 16.0. The number of imidazole rings is 1. The summed E-state index contributed by atoms with van der Waals surface area (Å²) in [5, 5.41) is 0. The van der Waals surface area contributed by atoms with Crippen molar-refractivity contribution in [2.75, 3.05) is 0 Å². The van der Waals surface area contributed by atoms with E-state index in [0.717, 1.165) is 46.1 Å². The van der Waals surface area contributed by atoms with E-state index in [-0.39, 0.29) is 5.92 Å². The quantitative estimate of drug-likeness (QED) is 0.514. The third-order valence-electron chi connectivity index (χ3n) is 4.85. The number of hydrogen-bond donors (Lipinski definition) is 1. The smallest absolute Gasteiger partial charge is 0.157 e. The van der Waals surface area contributed by atoms with Crippen LogP contribution in [-0.2, 0) is 6.42 Å². The van der Waals surface area contributed by atoms with Gasteiger partial charge in [0.05, 0.1) is 5.69 Å². The molecule has 4 heteroatoms. The number of rotatable bonds is 5. The first kappa shape index (κ1) is 17.4. The number of H-pyrrole nitrogens is 1. The van der Waals surface area contributed by atoms with Crippen molar-refractivity contribution in [3.8, 4) is 11.3 Å². The van der Waals surface area contributed by atoms with E-state index < -0.39 is 0 Å². The molecule has 27 heavy (non-hydrogen) atoms. The zero-order chi connectivity index (χ0) is 18.8. The van der Waals surface area contributed by atoms with Crippen molar-refractivity contribution in [2.24, 2.45) is 0 Å². The van der Waals surface area contributed by atoms with Crippen molar-refractivity contribution in [3.05, 3.63) is 77.9 Å². The highest BCUT2D eigenvalue weighted by atomic mass is 15.0. The lowest BCUT2D eigenvalue weighted by atomic mass is 10.0. The fourth-order valence-corrected chi connectivity index (χ4v) is 3.27. The maximum atomic E-state index is 4.87. The van der Waals surface area contributed by atoms with Crippen molar-refractivity contribution in [1.82, 2.24) is 19.9 Å². The number of nitrogens with one attached hydrogen (secondary N) is 1. The van der Waals surface area contributed by atoms with E-state index in [1.165, 1.54) is 0 Å². The van der Waals surface area contributed by atoms with Crippen molar-refractivity contribution in [2.45, 2.75) is 39.0 Å². The first-order chi connectivity index (χ1) is 13.1. The van der Waals surface area contributed by atoms with Crippen molar-refractivity contribution in [3.63, 3.8) is 0 Å². The van der Waals surface area contributed by atoms with Gasteiger partial charge in [0, 0.05) is 29.3 Å². The van der Waals surface area contributed by atoms with Crippen LogP contribution in [0.15, 0.2) is 60.7 Å². The van der Waals surface area contributed by atoms with Crippen LogP contribution in [0.5, 0.6) is 0 Å². The third kappa shape index (κ3) is 3.75. The Morgan fingerprint density at radius 1 is 0.778 bits per heavy atom. The average molecular weight is 356 g/mol. The first-order valence-electron chi connectivity index (χ1n) is 9.48. The molecular weight excluding hydrogens is 332 g/mol. The second-order valence-corrected chi connectivity index (χ2v) is 7.36. The van der Waals surface area contributed by atoms with E-state index in [2.05, 4.69) is 68.2 Å². The Morgan fingerprint density at radius 2 is 1.59 bits per heavy atom. The monoisotopic (exact) mass is 356 g/mol. The fraction of sp³-hybridized carbons (Fsp3) is 0.261. The van der Waals surface area contributed by atoms with Gasteiger partial charge in [-0.05, 0) is 30.2 Å². The molecule has 1 N–H and O–H groups in total. The molecule has 1 atom stereocenters. The van der Waals surface area contributed by atoms with Crippen LogP contribution in [0, 0.1) is 0 Å². The molecular formula is C23H24N4. The van der Waals surface area contributed by atoms with Crippen molar-refractivity contribution >= 4 is 11.2 Å². The molecule has 1 aromatic carbocycles. The minimum absolute atomic E-state index is 0.263. The molecule has 0 aliphatic heterocycles. The van der Waals surface area contributed by atoms with Crippen LogP contribution in [0.4, 0.5) is 0 Å². The number of aromatic nitrogens is 4. The molecule has 0 fully saturated rings. The standard InChI is InChI=1S/C23H24N4/c1-15(2)18-12-13-21-23(26-18)27-22(25-21)14-16(3)19-10-7-11-20(24-19)17-8-5-4-6-9-17/h4-13,15-16H,14H2,1-3H3,(H,25,26,27). The lowest BCUT2D eigenvalue weighted by Crippen LogP contribution is -2.03. The number of benzene rings is 1. The Morgan fingerprint density at radius 3 is 2.37 bits per heavy atom. The van der Waals surface area contributed by atoms with Crippen molar-refractivity contribution < 1.29 is 0 Å². The van der Waals surface area contributed by atoms with E-state index in [9.17, 15) is 0 Å². The maximum Gasteiger partial charge on any atom is 0.157 e. The van der Waals surface area contributed by atoms with Crippen LogP contribution in [-0.4, -0.2) is 19.9 Å². The van der Waals surface area contributed by atoms with Crippen molar-refractivity contribution in [1.29, 1.82) is 0 Å². The van der Waals surface area contributed by atoms with Gasteiger partial charge < -0.3 is 4.98 Å². The molecule has 4 nitrogen and oxygen atoms in total. The molecule has 1 unspecified atom stereocenters. The van der Waals surface area contributed by atoms with Crippen LogP contribution in [0.1, 0.15) is 49.8 Å². The topological polar surface area (TPSA) is 54.5 Å². The maximum absolute atomic E-state index is 4.87. The predicted octanol–water partition coefficient (Wildman–Crippen LogP) is 5.49. The summed E-state index contributed by atoms with van der Waals surface area (Å²) in [6.07, 6.45) is 0.804. The van der Waals surface area contributed by atoms with E-state index in [0.29, 0.717) is 5.92 Å². The molecule has 0 saturated carbocycles. The van der Waals surface area contributed by atoms with E-state index in [1.54, 1.807) is 0 Å². The Balaban J connectivity index is 1.57. The second kappa shape index (κ2) is 7.31. The Labute approximate surface area is 159 Å². The van der Waals surface area contributed by atoms with Crippen LogP contribution in [0.25, 0.3) is 22.4 Å². The molecule has 4 aromatic rings. The zero-order valence-electron chi connectivity index (χ0n) is 16.0. The van der Waals surface area contributed by atoms with Crippen LogP contribution >= 0.6 is 0 Å². The number of nitrogens with zero attached hydrogens (tertiary/aromatic N) is 3. The largest absolute Gasteiger partial charge is 0.327 e. The van der Waals surface area contributed by atoms with Gasteiger partial charge in [0.25, 0.3) is 0 Å². The highest BCUT2D eigenvalue weighted by Crippen LogP contribution is 2.23. The van der Waals surface area contributed by atoms with Gasteiger partial charge in [-0.25, -0.2) is 9.97 Å². The minimum Gasteiger partial charge on any atom is -0.327 e. The molecule has 3 aromatic heterocycles. The summed E-state index contributed by atoms with van der Waals surface area (Å²) in [5.41, 5.74) is 6.10. The summed E-state index contributed by atoms with van der Waals surface area (Å²) < 4.78 is 0. The lowest BCUT2D eigenvalue weighted by Gasteiger charge is -2.11. The van der Waals surface area contributed by atoms with E-state index >= 15 is 0 Å². The SMILES string of the molecule is CC(C)c1ccc2nc(CC(C)c3cccc(-c4ccccc4)n3)[nH]c2n1. The molecule has 0 spiro atoms. The highest BCUT2D eigenvalue weighted by Gasteiger charge is 2.13. The molecule has 4 rings (SSSR count). The highest BCUT2D eigenvalue weighted by molar-refractivity contribution is 5.70. The number of aromatic amines is 1. The van der Waals surface area contributed by atoms with Gasteiger partial charge in [0.2, 0.25) is 0 Å². The third-order valence-corrected chi connectivity index (χ3v) is 4.85. The Kier molecular flexibility index (Phi) is 4.71. The first-order valence-corrected chi connectivity index (χ1v) is 9.48. The summed E-state index contributed by atoms with van der Waals surface area (Å²) in [7, 11) is 0. The Bertz CT molecular complexity index is 1050. The average Bonchev–Trinajstić information content (AvgIpc) is 3.10. The minimum atomic E-state index is 0.263. The predicted molar refractivity (Wildman–Crippen MR) is 110 cm³/mol. The number of pyridine rings is 2. The normalized spacial score (nSPS) is 12.6. The summed E-state index contributed by atoms with van der Waals surface area (Å²) in [5.74, 6) is 1.63. The van der Waals surface area contributed by atoms with Crippen LogP contribution < -0.4 is 0 Å². The summed E-state index contributed by atoms with van der Waals surface area (Å²) in [6.45, 7) is 6.50. The fourth-order valence-electron chi connectivity index (χ4n) is 3.27. The van der Waals surface area contributed by atoms with Gasteiger partial charge in [-0.2, -0.15) is 0 Å². The molecule has 0 amide bonds. The van der Waals surface area contributed by atoms with Crippen LogP contribution in [0.2, 0.25) is 0 Å². The molecule has 0 radical (unpaired) electrons. The van der Waals surface area contributed by atoms with Gasteiger partial charge in [-0.15, -0.1) is 0 Å². The summed E-state index contributed by atoms with van der Waals surface area (Å²) in [6, 6.07) is 20.6. The number of hydrogen-bond acceptors (Lipinski definition) is 3. The molecule has 0 saturated heterocycles. The van der Waals surface area contributed by atoms with Gasteiger partial charge in [-0.3, -0.25) is 4.98 Å². The summed E-state index contributed by atoms with van der Waals surface area (Å²) >= 11 is 0. The van der Waals surface area contributed by atoms with Gasteiger partial charge in [0.1, 0.15) is 11.3 Å². The van der Waals surface area contributed by atoms with E-state index in [1.807, 2.05) is 18.2 Å². The second-order valence-electron chi connectivity index (χ2n) is 7.36. The number of fused-ring (bicyclic) bond motifs is 1. The molecule has 0 bridgehead atoms. The lowest BCUT2D eigenvalue weighted by molar-refractivity contribution is 0.706. The van der Waals surface area contributed by atoms with Gasteiger partial charge in [0.15, 0.2) is 5.65 Å². The van der Waals surface area contributed by atoms with Crippen LogP contribution in [0.3, 0.4) is 0 Å². The molecule has 0 aliphatic carbocycles. The van der Waals surface area contributed by atoms with Gasteiger partial charge in [-0.1, -0.05) is 57.2 Å². The Hall–Kier alpha value is -3.01.